The molecule has 0 saturated heterocycles. The lowest BCUT2D eigenvalue weighted by Crippen LogP contribution is -2.35. The zero-order valence-electron chi connectivity index (χ0n) is 13.6. The minimum absolute atomic E-state index is 0.0847. The molecule has 22 heavy (non-hydrogen) atoms. The third-order valence-electron chi connectivity index (χ3n) is 3.59. The van der Waals surface area contributed by atoms with Crippen LogP contribution in [0.15, 0.2) is 24.3 Å². The van der Waals surface area contributed by atoms with E-state index in [9.17, 15) is 4.79 Å². The number of hydrogen-bond donors (Lipinski definition) is 1. The van der Waals surface area contributed by atoms with E-state index in [-0.39, 0.29) is 18.5 Å². The van der Waals surface area contributed by atoms with Crippen LogP contribution in [0.2, 0.25) is 0 Å². The van der Waals surface area contributed by atoms with E-state index >= 15 is 0 Å². The fraction of sp³-hybridized carbons (Fsp3) is 0.500. The van der Waals surface area contributed by atoms with Gasteiger partial charge >= 0.3 is 0 Å². The molecule has 0 aliphatic heterocycles. The molecule has 6 heteroatoms. The summed E-state index contributed by atoms with van der Waals surface area (Å²) in [5, 5.41) is 15.1. The summed E-state index contributed by atoms with van der Waals surface area (Å²) in [5.41, 5.74) is 2.17. The standard InChI is InChI=1S/C16H23N5O/c1-5-12(4)17-15(22)10-21-19-16(18-20-21)14-8-6-13(7-9-14)11(2)3/h6-9,11-12H,5,10H2,1-4H3,(H,17,22)/t12-/m0/s1. The van der Waals surface area contributed by atoms with Crippen LogP contribution in [0, 0.1) is 0 Å². The molecule has 0 bridgehead atoms. The summed E-state index contributed by atoms with van der Waals surface area (Å²) in [6.07, 6.45) is 0.893. The Morgan fingerprint density at radius 3 is 2.50 bits per heavy atom. The van der Waals surface area contributed by atoms with E-state index in [2.05, 4.69) is 46.7 Å². The molecule has 2 rings (SSSR count). The van der Waals surface area contributed by atoms with Crippen LogP contribution in [0.25, 0.3) is 11.4 Å². The Morgan fingerprint density at radius 2 is 1.91 bits per heavy atom. The summed E-state index contributed by atoms with van der Waals surface area (Å²) >= 11 is 0. The summed E-state index contributed by atoms with van der Waals surface area (Å²) in [6.45, 7) is 8.38. The van der Waals surface area contributed by atoms with Crippen LogP contribution in [-0.2, 0) is 11.3 Å². The van der Waals surface area contributed by atoms with Gasteiger partial charge in [-0.05, 0) is 30.0 Å². The molecule has 1 amide bonds. The van der Waals surface area contributed by atoms with Crippen LogP contribution < -0.4 is 5.32 Å². The van der Waals surface area contributed by atoms with Gasteiger partial charge in [-0.2, -0.15) is 4.80 Å². The van der Waals surface area contributed by atoms with Gasteiger partial charge in [0.25, 0.3) is 0 Å². The first-order valence-corrected chi connectivity index (χ1v) is 7.67. The van der Waals surface area contributed by atoms with E-state index in [1.807, 2.05) is 26.0 Å². The van der Waals surface area contributed by atoms with Crippen molar-refractivity contribution in [3.05, 3.63) is 29.8 Å². The second-order valence-electron chi connectivity index (χ2n) is 5.80. The zero-order valence-corrected chi connectivity index (χ0v) is 13.6. The number of hydrogen-bond acceptors (Lipinski definition) is 4. The average Bonchev–Trinajstić information content (AvgIpc) is 2.95. The van der Waals surface area contributed by atoms with Gasteiger partial charge in [0, 0.05) is 11.6 Å². The molecule has 0 aliphatic rings. The van der Waals surface area contributed by atoms with Crippen molar-refractivity contribution in [3.8, 4) is 11.4 Å². The molecule has 0 saturated carbocycles. The number of rotatable bonds is 6. The highest BCUT2D eigenvalue weighted by Gasteiger charge is 2.11. The molecule has 0 spiro atoms. The Labute approximate surface area is 130 Å². The van der Waals surface area contributed by atoms with Crippen LogP contribution in [0.3, 0.4) is 0 Å². The van der Waals surface area contributed by atoms with E-state index in [0.717, 1.165) is 12.0 Å². The van der Waals surface area contributed by atoms with Crippen LogP contribution >= 0.6 is 0 Å². The lowest BCUT2D eigenvalue weighted by Gasteiger charge is -2.10. The Kier molecular flexibility index (Phi) is 5.25. The van der Waals surface area contributed by atoms with Crippen molar-refractivity contribution in [2.45, 2.75) is 52.6 Å². The van der Waals surface area contributed by atoms with Gasteiger partial charge in [-0.3, -0.25) is 4.79 Å². The van der Waals surface area contributed by atoms with Gasteiger partial charge in [-0.1, -0.05) is 45.0 Å². The number of amides is 1. The van der Waals surface area contributed by atoms with Crippen molar-refractivity contribution in [1.29, 1.82) is 0 Å². The zero-order chi connectivity index (χ0) is 16.1. The third-order valence-corrected chi connectivity index (χ3v) is 3.59. The molecule has 1 atom stereocenters. The maximum atomic E-state index is 11.8. The van der Waals surface area contributed by atoms with Gasteiger partial charge in [0.05, 0.1) is 0 Å². The fourth-order valence-electron chi connectivity index (χ4n) is 1.99. The van der Waals surface area contributed by atoms with Crippen molar-refractivity contribution >= 4 is 5.91 Å². The predicted octanol–water partition coefficient (Wildman–Crippen LogP) is 2.38. The van der Waals surface area contributed by atoms with Gasteiger partial charge in [0.2, 0.25) is 11.7 Å². The van der Waals surface area contributed by atoms with Crippen LogP contribution in [0.4, 0.5) is 0 Å². The molecule has 118 valence electrons. The lowest BCUT2D eigenvalue weighted by atomic mass is 10.0. The van der Waals surface area contributed by atoms with E-state index in [1.165, 1.54) is 10.4 Å². The van der Waals surface area contributed by atoms with Crippen molar-refractivity contribution in [3.63, 3.8) is 0 Å². The Bertz CT molecular complexity index is 618. The van der Waals surface area contributed by atoms with Gasteiger partial charge in [-0.15, -0.1) is 10.2 Å². The van der Waals surface area contributed by atoms with Crippen molar-refractivity contribution < 1.29 is 4.79 Å². The van der Waals surface area contributed by atoms with E-state index in [0.29, 0.717) is 11.7 Å². The van der Waals surface area contributed by atoms with Crippen molar-refractivity contribution in [1.82, 2.24) is 25.5 Å². The van der Waals surface area contributed by atoms with E-state index < -0.39 is 0 Å². The molecular formula is C16H23N5O. The monoisotopic (exact) mass is 301 g/mol. The Hall–Kier alpha value is -2.24. The quantitative estimate of drug-likeness (QED) is 0.889. The molecule has 2 aromatic rings. The average molecular weight is 301 g/mol. The Morgan fingerprint density at radius 1 is 1.23 bits per heavy atom. The molecule has 0 aliphatic carbocycles. The summed E-state index contributed by atoms with van der Waals surface area (Å²) in [6, 6.07) is 8.25. The number of nitrogens with zero attached hydrogens (tertiary/aromatic N) is 4. The number of benzene rings is 1. The third kappa shape index (κ3) is 4.13. The first-order chi connectivity index (χ1) is 10.5. The van der Waals surface area contributed by atoms with Crippen LogP contribution in [0.1, 0.15) is 45.6 Å². The highest BCUT2D eigenvalue weighted by atomic mass is 16.2. The molecule has 0 fully saturated rings. The van der Waals surface area contributed by atoms with Gasteiger partial charge in [0.1, 0.15) is 6.54 Å². The number of carbonyl (C=O) groups is 1. The molecule has 0 unspecified atom stereocenters. The molecule has 0 radical (unpaired) electrons. The number of nitrogens with one attached hydrogen (secondary N) is 1. The maximum absolute atomic E-state index is 11.8. The summed E-state index contributed by atoms with van der Waals surface area (Å²) < 4.78 is 0. The SMILES string of the molecule is CC[C@H](C)NC(=O)Cn1nnc(-c2ccc(C(C)C)cc2)n1. The second-order valence-corrected chi connectivity index (χ2v) is 5.80. The number of carbonyl (C=O) groups excluding carboxylic acids is 1. The smallest absolute Gasteiger partial charge is 0.243 e. The molecule has 1 heterocycles. The van der Waals surface area contributed by atoms with Crippen LogP contribution in [0.5, 0.6) is 0 Å². The maximum Gasteiger partial charge on any atom is 0.243 e. The topological polar surface area (TPSA) is 72.7 Å². The van der Waals surface area contributed by atoms with E-state index in [1.54, 1.807) is 0 Å². The first kappa shape index (κ1) is 16.1. The van der Waals surface area contributed by atoms with Crippen molar-refractivity contribution in [2.75, 3.05) is 0 Å². The molecule has 1 aromatic heterocycles. The molecule has 1 N–H and O–H groups in total. The van der Waals surface area contributed by atoms with Gasteiger partial charge < -0.3 is 5.32 Å². The van der Waals surface area contributed by atoms with E-state index in [4.69, 9.17) is 0 Å². The largest absolute Gasteiger partial charge is 0.352 e. The minimum atomic E-state index is -0.103. The highest BCUT2D eigenvalue weighted by Crippen LogP contribution is 2.19. The summed E-state index contributed by atoms with van der Waals surface area (Å²) in [5.74, 6) is 0.919. The van der Waals surface area contributed by atoms with Gasteiger partial charge in [0.15, 0.2) is 0 Å². The predicted molar refractivity (Wildman–Crippen MR) is 85.2 cm³/mol. The lowest BCUT2D eigenvalue weighted by molar-refractivity contribution is -0.122. The highest BCUT2D eigenvalue weighted by molar-refractivity contribution is 5.75. The normalized spacial score (nSPS) is 12.4. The van der Waals surface area contributed by atoms with Crippen LogP contribution in [-0.4, -0.2) is 32.2 Å². The number of aromatic nitrogens is 4. The minimum Gasteiger partial charge on any atom is -0.352 e. The Balaban J connectivity index is 2.03. The summed E-state index contributed by atoms with van der Waals surface area (Å²) in [7, 11) is 0. The number of tetrazole rings is 1. The molecule has 1 aromatic carbocycles. The first-order valence-electron chi connectivity index (χ1n) is 7.67. The fourth-order valence-corrected chi connectivity index (χ4v) is 1.99. The van der Waals surface area contributed by atoms with Gasteiger partial charge in [-0.25, -0.2) is 0 Å². The molecular weight excluding hydrogens is 278 g/mol. The molecule has 6 nitrogen and oxygen atoms in total. The van der Waals surface area contributed by atoms with Crippen molar-refractivity contribution in [2.24, 2.45) is 0 Å². The summed E-state index contributed by atoms with van der Waals surface area (Å²) in [4.78, 5) is 13.1. The second kappa shape index (κ2) is 7.15.